The van der Waals surface area contributed by atoms with Crippen LogP contribution in [0.15, 0.2) is 48.5 Å². The molecule has 4 nitrogen and oxygen atoms in total. The molecule has 0 radical (unpaired) electrons. The van der Waals surface area contributed by atoms with Crippen LogP contribution in [0.5, 0.6) is 5.75 Å². The molecule has 0 N–H and O–H groups in total. The zero-order valence-corrected chi connectivity index (χ0v) is 12.7. The van der Waals surface area contributed by atoms with Crippen molar-refractivity contribution in [1.29, 1.82) is 0 Å². The molecule has 6 heteroatoms. The van der Waals surface area contributed by atoms with E-state index in [-0.39, 0.29) is 5.56 Å². The maximum Gasteiger partial charge on any atom is 0.264 e. The predicted molar refractivity (Wildman–Crippen MR) is 79.6 cm³/mol. The van der Waals surface area contributed by atoms with Crippen LogP contribution in [0.1, 0.15) is 17.2 Å². The molecule has 0 aromatic heterocycles. The average molecular weight is 322 g/mol. The van der Waals surface area contributed by atoms with Gasteiger partial charge in [0.2, 0.25) is 0 Å². The maximum absolute atomic E-state index is 14.1. The molecule has 22 heavy (non-hydrogen) atoms. The first-order valence-corrected chi connectivity index (χ1v) is 8.63. The lowest BCUT2D eigenvalue weighted by atomic mass is 9.94. The third-order valence-corrected chi connectivity index (χ3v) is 4.09. The zero-order chi connectivity index (χ0) is 15.7. The summed E-state index contributed by atoms with van der Waals surface area (Å²) in [6, 6.07) is 13.4. The lowest BCUT2D eigenvalue weighted by Gasteiger charge is -2.33. The minimum Gasteiger partial charge on any atom is -0.483 e. The highest BCUT2D eigenvalue weighted by atomic mass is 32.2. The number of rotatable bonds is 3. The normalized spacial score (nSPS) is 21.0. The molecule has 2 atom stereocenters. The highest BCUT2D eigenvalue weighted by Crippen LogP contribution is 2.37. The van der Waals surface area contributed by atoms with Gasteiger partial charge in [0.25, 0.3) is 10.1 Å². The molecule has 2 aromatic carbocycles. The molecule has 2 aromatic rings. The van der Waals surface area contributed by atoms with E-state index in [0.29, 0.717) is 12.2 Å². The first-order chi connectivity index (χ1) is 10.4. The summed E-state index contributed by atoms with van der Waals surface area (Å²) >= 11 is 0. The van der Waals surface area contributed by atoms with Gasteiger partial charge in [0.05, 0.1) is 6.26 Å². The van der Waals surface area contributed by atoms with Crippen molar-refractivity contribution in [3.05, 3.63) is 65.5 Å². The van der Waals surface area contributed by atoms with Gasteiger partial charge >= 0.3 is 0 Å². The van der Waals surface area contributed by atoms with E-state index in [0.717, 1.165) is 11.8 Å². The Morgan fingerprint density at radius 1 is 1.14 bits per heavy atom. The van der Waals surface area contributed by atoms with Gasteiger partial charge in [-0.15, -0.1) is 0 Å². The van der Waals surface area contributed by atoms with Crippen molar-refractivity contribution in [2.75, 3.05) is 6.26 Å². The Kier molecular flexibility index (Phi) is 3.88. The van der Waals surface area contributed by atoms with E-state index in [1.165, 1.54) is 6.07 Å². The van der Waals surface area contributed by atoms with Crippen molar-refractivity contribution in [2.45, 2.75) is 18.6 Å². The molecule has 1 aliphatic heterocycles. The molecular formula is C16H15FO4S. The van der Waals surface area contributed by atoms with Gasteiger partial charge in [0.1, 0.15) is 17.7 Å². The molecule has 0 spiro atoms. The van der Waals surface area contributed by atoms with Crippen LogP contribution in [0.3, 0.4) is 0 Å². The van der Waals surface area contributed by atoms with Crippen LogP contribution in [0.25, 0.3) is 0 Å². The van der Waals surface area contributed by atoms with Crippen LogP contribution < -0.4 is 4.74 Å². The van der Waals surface area contributed by atoms with Crippen molar-refractivity contribution in [3.8, 4) is 5.75 Å². The van der Waals surface area contributed by atoms with Crippen molar-refractivity contribution < 1.29 is 21.7 Å². The largest absolute Gasteiger partial charge is 0.483 e. The minimum absolute atomic E-state index is 0.283. The van der Waals surface area contributed by atoms with Crippen LogP contribution >= 0.6 is 0 Å². The number of hydrogen-bond donors (Lipinski definition) is 0. The van der Waals surface area contributed by atoms with Gasteiger partial charge < -0.3 is 4.74 Å². The number of ether oxygens (including phenoxy) is 1. The molecule has 0 saturated heterocycles. The second-order valence-electron chi connectivity index (χ2n) is 5.21. The fourth-order valence-corrected chi connectivity index (χ4v) is 3.22. The number of benzene rings is 2. The Morgan fingerprint density at radius 3 is 2.55 bits per heavy atom. The van der Waals surface area contributed by atoms with Crippen LogP contribution in [-0.4, -0.2) is 20.8 Å². The van der Waals surface area contributed by atoms with Gasteiger partial charge in [-0.1, -0.05) is 36.4 Å². The third kappa shape index (κ3) is 3.13. The maximum atomic E-state index is 14.1. The zero-order valence-electron chi connectivity index (χ0n) is 11.9. The van der Waals surface area contributed by atoms with Crippen LogP contribution in [0.4, 0.5) is 4.39 Å². The summed E-state index contributed by atoms with van der Waals surface area (Å²) in [6.07, 6.45) is -0.304. The van der Waals surface area contributed by atoms with Crippen LogP contribution in [0, 0.1) is 5.82 Å². The molecule has 0 aliphatic carbocycles. The van der Waals surface area contributed by atoms with Crippen LogP contribution in [-0.2, 0) is 20.7 Å². The monoisotopic (exact) mass is 322 g/mol. The Bertz CT molecular complexity index is 788. The molecule has 0 amide bonds. The minimum atomic E-state index is -3.68. The standard InChI is InChI=1S/C16H15FO4S/c1-22(18,19)21-15-10-11-6-2-5-9-14(11)20-16(15)12-7-3-4-8-13(12)17/h2-9,15-16H,10H2,1H3/t15-,16+/m0/s1. The first kappa shape index (κ1) is 15.0. The Morgan fingerprint density at radius 2 is 1.82 bits per heavy atom. The molecule has 3 rings (SSSR count). The molecule has 1 heterocycles. The number of para-hydroxylation sites is 1. The summed E-state index contributed by atoms with van der Waals surface area (Å²) in [5.74, 6) is 0.165. The van der Waals surface area contributed by atoms with E-state index >= 15 is 0 Å². The van der Waals surface area contributed by atoms with Gasteiger partial charge in [-0.3, -0.25) is 4.18 Å². The number of hydrogen-bond acceptors (Lipinski definition) is 4. The van der Waals surface area contributed by atoms with Gasteiger partial charge in [-0.25, -0.2) is 4.39 Å². The Hall–Kier alpha value is -1.92. The van der Waals surface area contributed by atoms with E-state index in [2.05, 4.69) is 0 Å². The highest BCUT2D eigenvalue weighted by Gasteiger charge is 2.35. The highest BCUT2D eigenvalue weighted by molar-refractivity contribution is 7.86. The van der Waals surface area contributed by atoms with E-state index in [1.807, 2.05) is 18.2 Å². The van der Waals surface area contributed by atoms with Gasteiger partial charge in [0, 0.05) is 12.0 Å². The molecule has 0 saturated carbocycles. The lowest BCUT2D eigenvalue weighted by molar-refractivity contribution is 0.0404. The van der Waals surface area contributed by atoms with Gasteiger partial charge in [-0.05, 0) is 17.7 Å². The molecule has 116 valence electrons. The number of halogens is 1. The average Bonchev–Trinajstić information content (AvgIpc) is 2.46. The van der Waals surface area contributed by atoms with E-state index in [4.69, 9.17) is 8.92 Å². The third-order valence-electron chi connectivity index (χ3n) is 3.50. The van der Waals surface area contributed by atoms with E-state index in [9.17, 15) is 12.8 Å². The van der Waals surface area contributed by atoms with E-state index < -0.39 is 28.1 Å². The Balaban J connectivity index is 2.03. The topological polar surface area (TPSA) is 52.6 Å². The lowest BCUT2D eigenvalue weighted by Crippen LogP contribution is -2.35. The molecular weight excluding hydrogens is 307 g/mol. The quantitative estimate of drug-likeness (QED) is 0.816. The summed E-state index contributed by atoms with van der Waals surface area (Å²) in [5, 5.41) is 0. The molecule has 1 aliphatic rings. The van der Waals surface area contributed by atoms with Gasteiger partial charge in [-0.2, -0.15) is 8.42 Å². The van der Waals surface area contributed by atoms with Crippen LogP contribution in [0.2, 0.25) is 0 Å². The number of fused-ring (bicyclic) bond motifs is 1. The molecule has 0 unspecified atom stereocenters. The van der Waals surface area contributed by atoms with Gasteiger partial charge in [0.15, 0.2) is 6.10 Å². The molecule has 0 bridgehead atoms. The fourth-order valence-electron chi connectivity index (χ4n) is 2.60. The first-order valence-electron chi connectivity index (χ1n) is 6.81. The van der Waals surface area contributed by atoms with E-state index in [1.54, 1.807) is 24.3 Å². The summed E-state index contributed by atoms with van der Waals surface area (Å²) in [6.45, 7) is 0. The van der Waals surface area contributed by atoms with Crippen molar-refractivity contribution in [3.63, 3.8) is 0 Å². The SMILES string of the molecule is CS(=O)(=O)O[C@H]1Cc2ccccc2O[C@@H]1c1ccccc1F. The Labute approximate surface area is 128 Å². The van der Waals surface area contributed by atoms with Crippen molar-refractivity contribution in [1.82, 2.24) is 0 Å². The summed E-state index contributed by atoms with van der Waals surface area (Å²) in [4.78, 5) is 0. The molecule has 0 fully saturated rings. The van der Waals surface area contributed by atoms with Crippen molar-refractivity contribution >= 4 is 10.1 Å². The predicted octanol–water partition coefficient (Wildman–Crippen LogP) is 2.85. The summed E-state index contributed by atoms with van der Waals surface area (Å²) in [5.41, 5.74) is 1.12. The second kappa shape index (κ2) is 5.70. The smallest absolute Gasteiger partial charge is 0.264 e. The van der Waals surface area contributed by atoms with Crippen molar-refractivity contribution in [2.24, 2.45) is 0 Å². The second-order valence-corrected chi connectivity index (χ2v) is 6.81. The summed E-state index contributed by atoms with van der Waals surface area (Å²) < 4.78 is 48.0. The summed E-state index contributed by atoms with van der Waals surface area (Å²) in [7, 11) is -3.68. The fraction of sp³-hybridized carbons (Fsp3) is 0.250.